The summed E-state index contributed by atoms with van der Waals surface area (Å²) >= 11 is 11.8. The number of methoxy groups -OCH3 is 1. The summed E-state index contributed by atoms with van der Waals surface area (Å²) in [6.45, 7) is 4.78. The molecule has 0 saturated carbocycles. The summed E-state index contributed by atoms with van der Waals surface area (Å²) in [7, 11) is 1.63. The minimum Gasteiger partial charge on any atom is -0.497 e. The average molecular weight is 586 g/mol. The highest BCUT2D eigenvalue weighted by molar-refractivity contribution is 6.31. The van der Waals surface area contributed by atoms with E-state index in [1.807, 2.05) is 59.5 Å². The molecule has 1 aliphatic rings. The number of hydrogen-bond donors (Lipinski definition) is 2. The second-order valence-electron chi connectivity index (χ2n) is 9.93. The SMILES string of the molecule is CC(C)(O)OCCCOc1ccc(C2c3[nH]c4ccc(Cl)cc4c3CCN2C=O)cc1.COc1ccc(Cl)cc1. The van der Waals surface area contributed by atoms with Gasteiger partial charge in [-0.1, -0.05) is 35.3 Å². The molecule has 40 heavy (non-hydrogen) atoms. The molecule has 1 aromatic heterocycles. The molecule has 2 heterocycles. The van der Waals surface area contributed by atoms with E-state index in [0.29, 0.717) is 31.2 Å². The number of benzene rings is 3. The lowest BCUT2D eigenvalue weighted by atomic mass is 9.93. The molecule has 1 atom stereocenters. The number of rotatable bonds is 9. The van der Waals surface area contributed by atoms with Gasteiger partial charge in [0.05, 0.1) is 26.4 Å². The van der Waals surface area contributed by atoms with Crippen molar-refractivity contribution in [3.05, 3.63) is 93.6 Å². The molecule has 0 fully saturated rings. The van der Waals surface area contributed by atoms with E-state index in [1.54, 1.807) is 33.1 Å². The molecular weight excluding hydrogens is 551 g/mol. The Hall–Kier alpha value is -3.23. The largest absolute Gasteiger partial charge is 0.497 e. The van der Waals surface area contributed by atoms with Crippen LogP contribution in [-0.2, 0) is 16.0 Å². The third kappa shape index (κ3) is 7.70. The fourth-order valence-corrected chi connectivity index (χ4v) is 4.94. The van der Waals surface area contributed by atoms with Crippen molar-refractivity contribution in [1.82, 2.24) is 9.88 Å². The number of aromatic amines is 1. The highest BCUT2D eigenvalue weighted by atomic mass is 35.5. The van der Waals surface area contributed by atoms with E-state index in [2.05, 4.69) is 4.98 Å². The smallest absolute Gasteiger partial charge is 0.210 e. The number of H-pyrrole nitrogens is 1. The summed E-state index contributed by atoms with van der Waals surface area (Å²) in [5.74, 6) is 0.461. The molecule has 1 unspecified atom stereocenters. The van der Waals surface area contributed by atoms with Gasteiger partial charge in [-0.2, -0.15) is 0 Å². The number of carbonyl (C=O) groups excluding carboxylic acids is 1. The van der Waals surface area contributed by atoms with E-state index < -0.39 is 5.79 Å². The van der Waals surface area contributed by atoms with Gasteiger partial charge in [-0.15, -0.1) is 0 Å². The van der Waals surface area contributed by atoms with Crippen LogP contribution in [0.4, 0.5) is 0 Å². The first-order valence-electron chi connectivity index (χ1n) is 13.1. The van der Waals surface area contributed by atoms with E-state index in [-0.39, 0.29) is 6.04 Å². The maximum atomic E-state index is 11.8. The van der Waals surface area contributed by atoms with Gasteiger partial charge in [-0.3, -0.25) is 4.79 Å². The number of aliphatic hydroxyl groups is 1. The summed E-state index contributed by atoms with van der Waals surface area (Å²) < 4.78 is 16.0. The number of halogens is 2. The van der Waals surface area contributed by atoms with E-state index in [4.69, 9.17) is 37.4 Å². The maximum Gasteiger partial charge on any atom is 0.210 e. The third-order valence-corrected chi connectivity index (χ3v) is 7.01. The van der Waals surface area contributed by atoms with Crippen LogP contribution in [0.2, 0.25) is 10.0 Å². The van der Waals surface area contributed by atoms with Crippen LogP contribution in [0, 0.1) is 0 Å². The van der Waals surface area contributed by atoms with Crippen molar-refractivity contribution in [2.45, 2.75) is 38.5 Å². The van der Waals surface area contributed by atoms with Crippen LogP contribution in [0.15, 0.2) is 66.7 Å². The van der Waals surface area contributed by atoms with E-state index in [0.717, 1.165) is 51.5 Å². The summed E-state index contributed by atoms with van der Waals surface area (Å²) in [6.07, 6.45) is 2.38. The summed E-state index contributed by atoms with van der Waals surface area (Å²) in [4.78, 5) is 17.1. The quantitative estimate of drug-likeness (QED) is 0.128. The predicted octanol–water partition coefficient (Wildman–Crippen LogP) is 6.79. The zero-order valence-electron chi connectivity index (χ0n) is 22.8. The number of nitrogens with one attached hydrogen (secondary N) is 1. The lowest BCUT2D eigenvalue weighted by Crippen LogP contribution is -2.34. The standard InChI is InChI=1S/C24H27ClN2O4.C7H7ClO/c1-24(2,29)31-13-3-12-30-18-7-4-16(5-8-18)23-22-19(10-11-27(23)15-28)20-14-17(25)6-9-21(20)26-22;1-9-7-4-2-6(8)3-5-7/h4-9,14-15,23,26,29H,3,10-13H2,1-2H3;2-5H,1H3. The number of ether oxygens (including phenoxy) is 3. The van der Waals surface area contributed by atoms with Crippen molar-refractivity contribution < 1.29 is 24.1 Å². The van der Waals surface area contributed by atoms with Crippen molar-refractivity contribution in [1.29, 1.82) is 0 Å². The summed E-state index contributed by atoms with van der Waals surface area (Å²) in [6, 6.07) is 20.7. The first-order chi connectivity index (χ1) is 19.2. The minimum absolute atomic E-state index is 0.179. The van der Waals surface area contributed by atoms with Gasteiger partial charge in [0.2, 0.25) is 6.41 Å². The molecule has 4 aromatic rings. The van der Waals surface area contributed by atoms with Gasteiger partial charge in [-0.05, 0) is 86.0 Å². The molecule has 5 rings (SSSR count). The van der Waals surface area contributed by atoms with Gasteiger partial charge in [-0.25, -0.2) is 0 Å². The van der Waals surface area contributed by atoms with Gasteiger partial charge in [0, 0.05) is 39.6 Å². The lowest BCUT2D eigenvalue weighted by Gasteiger charge is -2.33. The molecule has 0 aliphatic carbocycles. The molecule has 0 spiro atoms. The van der Waals surface area contributed by atoms with Gasteiger partial charge in [0.15, 0.2) is 5.79 Å². The van der Waals surface area contributed by atoms with Gasteiger partial charge in [0.25, 0.3) is 0 Å². The van der Waals surface area contributed by atoms with Crippen molar-refractivity contribution in [3.63, 3.8) is 0 Å². The Labute approximate surface area is 244 Å². The minimum atomic E-state index is -1.13. The maximum absolute atomic E-state index is 11.8. The molecule has 0 radical (unpaired) electrons. The zero-order chi connectivity index (χ0) is 28.7. The molecule has 0 bridgehead atoms. The van der Waals surface area contributed by atoms with Crippen LogP contribution >= 0.6 is 23.2 Å². The van der Waals surface area contributed by atoms with Crippen LogP contribution in [0.3, 0.4) is 0 Å². The Balaban J connectivity index is 0.000000350. The number of aromatic nitrogens is 1. The molecule has 3 aromatic carbocycles. The Kier molecular flexibility index (Phi) is 9.98. The van der Waals surface area contributed by atoms with Gasteiger partial charge in [0.1, 0.15) is 11.5 Å². The Bertz CT molecular complexity index is 1400. The number of nitrogens with zero attached hydrogens (tertiary/aromatic N) is 1. The first kappa shape index (κ1) is 29.7. The number of amides is 1. The molecule has 9 heteroatoms. The first-order valence-corrected chi connectivity index (χ1v) is 13.8. The van der Waals surface area contributed by atoms with Crippen LogP contribution < -0.4 is 9.47 Å². The highest BCUT2D eigenvalue weighted by Gasteiger charge is 2.31. The highest BCUT2D eigenvalue weighted by Crippen LogP contribution is 2.38. The van der Waals surface area contributed by atoms with Crippen LogP contribution in [0.1, 0.15) is 43.1 Å². The third-order valence-electron chi connectivity index (χ3n) is 6.52. The fourth-order valence-electron chi connectivity index (χ4n) is 4.64. The van der Waals surface area contributed by atoms with Crippen molar-refractivity contribution in [2.24, 2.45) is 0 Å². The molecule has 1 amide bonds. The summed E-state index contributed by atoms with van der Waals surface area (Å²) in [5.41, 5.74) is 4.30. The Morgan fingerprint density at radius 2 is 1.68 bits per heavy atom. The topological polar surface area (TPSA) is 84.0 Å². The second-order valence-corrected chi connectivity index (χ2v) is 10.8. The fraction of sp³-hybridized carbons (Fsp3) is 0.323. The Morgan fingerprint density at radius 3 is 2.33 bits per heavy atom. The van der Waals surface area contributed by atoms with Gasteiger partial charge >= 0.3 is 0 Å². The molecule has 7 nitrogen and oxygen atoms in total. The number of hydrogen-bond acceptors (Lipinski definition) is 5. The van der Waals surface area contributed by atoms with E-state index >= 15 is 0 Å². The van der Waals surface area contributed by atoms with Crippen LogP contribution in [0.5, 0.6) is 11.5 Å². The average Bonchev–Trinajstić information content (AvgIpc) is 3.30. The predicted molar refractivity (Wildman–Crippen MR) is 158 cm³/mol. The summed E-state index contributed by atoms with van der Waals surface area (Å²) in [5, 5.41) is 12.1. The lowest BCUT2D eigenvalue weighted by molar-refractivity contribution is -0.176. The van der Waals surface area contributed by atoms with Crippen molar-refractivity contribution in [3.8, 4) is 11.5 Å². The Morgan fingerprint density at radius 1 is 1.00 bits per heavy atom. The molecule has 2 N–H and O–H groups in total. The van der Waals surface area contributed by atoms with Crippen LogP contribution in [0.25, 0.3) is 10.9 Å². The normalized spacial score (nSPS) is 14.8. The van der Waals surface area contributed by atoms with E-state index in [1.165, 1.54) is 5.56 Å². The molecule has 212 valence electrons. The number of carbonyl (C=O) groups is 1. The monoisotopic (exact) mass is 584 g/mol. The number of fused-ring (bicyclic) bond motifs is 3. The zero-order valence-corrected chi connectivity index (χ0v) is 24.3. The second kappa shape index (κ2) is 13.4. The van der Waals surface area contributed by atoms with E-state index in [9.17, 15) is 9.90 Å². The van der Waals surface area contributed by atoms with Crippen molar-refractivity contribution >= 4 is 40.5 Å². The van der Waals surface area contributed by atoms with Crippen molar-refractivity contribution in [2.75, 3.05) is 26.9 Å². The molecule has 1 aliphatic heterocycles. The van der Waals surface area contributed by atoms with Crippen LogP contribution in [-0.4, -0.2) is 54.1 Å². The molecular formula is C31H34Cl2N2O5. The molecule has 0 saturated heterocycles. The van der Waals surface area contributed by atoms with Gasteiger partial charge < -0.3 is 29.2 Å².